The summed E-state index contributed by atoms with van der Waals surface area (Å²) in [4.78, 5) is 8.70. The fourth-order valence-corrected chi connectivity index (χ4v) is 2.55. The van der Waals surface area contributed by atoms with Crippen LogP contribution in [0.3, 0.4) is 0 Å². The Hall–Kier alpha value is -3.48. The quantitative estimate of drug-likeness (QED) is 0.520. The molecular weight excluding hydrogens is 356 g/mol. The second-order valence-corrected chi connectivity index (χ2v) is 5.93. The molecule has 2 aromatic carbocycles. The number of anilines is 2. The van der Waals surface area contributed by atoms with E-state index in [1.807, 2.05) is 54.6 Å². The highest BCUT2D eigenvalue weighted by molar-refractivity contribution is 5.43. The Morgan fingerprint density at radius 2 is 1.61 bits per heavy atom. The van der Waals surface area contributed by atoms with E-state index < -0.39 is 0 Å². The topological polar surface area (TPSA) is 77.5 Å². The number of methoxy groups -OCH3 is 2. The first-order valence-electron chi connectivity index (χ1n) is 8.97. The molecule has 3 aromatic rings. The molecule has 28 heavy (non-hydrogen) atoms. The first-order chi connectivity index (χ1) is 13.8. The van der Waals surface area contributed by atoms with Gasteiger partial charge in [0.1, 0.15) is 29.7 Å². The van der Waals surface area contributed by atoms with Crippen molar-refractivity contribution in [3.05, 3.63) is 66.4 Å². The Balaban J connectivity index is 1.50. The van der Waals surface area contributed by atoms with Gasteiger partial charge in [0.25, 0.3) is 0 Å². The molecule has 7 nitrogen and oxygen atoms in total. The molecule has 0 aliphatic heterocycles. The molecule has 0 saturated carbocycles. The average Bonchev–Trinajstić information content (AvgIpc) is 2.76. The van der Waals surface area contributed by atoms with Crippen LogP contribution in [0.1, 0.15) is 5.56 Å². The van der Waals surface area contributed by atoms with Gasteiger partial charge in [-0.25, -0.2) is 4.98 Å². The van der Waals surface area contributed by atoms with Gasteiger partial charge in [0.15, 0.2) is 0 Å². The lowest BCUT2D eigenvalue weighted by Gasteiger charge is -2.11. The summed E-state index contributed by atoms with van der Waals surface area (Å²) < 4.78 is 16.2. The van der Waals surface area contributed by atoms with Gasteiger partial charge < -0.3 is 24.8 Å². The van der Waals surface area contributed by atoms with Gasteiger partial charge in [0.05, 0.1) is 20.8 Å². The van der Waals surface area contributed by atoms with Crippen LogP contribution in [0, 0.1) is 0 Å². The second kappa shape index (κ2) is 10.0. The minimum atomic E-state index is 0.522. The Morgan fingerprint density at radius 1 is 0.857 bits per heavy atom. The Bertz CT molecular complexity index is 852. The molecule has 0 aliphatic rings. The molecule has 0 bridgehead atoms. The summed E-state index contributed by atoms with van der Waals surface area (Å²) in [7, 11) is 3.27. The van der Waals surface area contributed by atoms with Gasteiger partial charge >= 0.3 is 0 Å². The normalized spacial score (nSPS) is 10.2. The Labute approximate surface area is 164 Å². The largest absolute Gasteiger partial charge is 0.497 e. The highest BCUT2D eigenvalue weighted by Gasteiger charge is 2.04. The van der Waals surface area contributed by atoms with E-state index in [0.717, 1.165) is 28.6 Å². The maximum Gasteiger partial charge on any atom is 0.224 e. The van der Waals surface area contributed by atoms with Gasteiger partial charge in [0.2, 0.25) is 5.95 Å². The summed E-state index contributed by atoms with van der Waals surface area (Å²) in [6.45, 7) is 1.71. The van der Waals surface area contributed by atoms with E-state index >= 15 is 0 Å². The third kappa shape index (κ3) is 5.77. The van der Waals surface area contributed by atoms with Crippen LogP contribution in [0.2, 0.25) is 0 Å². The average molecular weight is 380 g/mol. The van der Waals surface area contributed by atoms with Gasteiger partial charge in [-0.3, -0.25) is 0 Å². The number of para-hydroxylation sites is 1. The van der Waals surface area contributed by atoms with Crippen molar-refractivity contribution in [1.29, 1.82) is 0 Å². The predicted molar refractivity (Wildman–Crippen MR) is 109 cm³/mol. The fourth-order valence-electron chi connectivity index (χ4n) is 2.55. The van der Waals surface area contributed by atoms with E-state index in [1.165, 1.54) is 0 Å². The maximum atomic E-state index is 5.65. The lowest BCUT2D eigenvalue weighted by Crippen LogP contribution is -2.14. The van der Waals surface area contributed by atoms with Crippen molar-refractivity contribution in [2.45, 2.75) is 6.54 Å². The molecule has 146 valence electrons. The van der Waals surface area contributed by atoms with Crippen LogP contribution in [0.25, 0.3) is 0 Å². The molecule has 0 fully saturated rings. The van der Waals surface area contributed by atoms with Gasteiger partial charge in [-0.15, -0.1) is 0 Å². The standard InChI is InChI=1S/C21H24N4O3/c1-26-18-12-16(13-19(14-18)27-2)15-24-20-8-9-22-21(25-20)23-10-11-28-17-6-4-3-5-7-17/h3-9,12-14H,10-11,15H2,1-2H3,(H2,22,23,24,25). The molecule has 0 unspecified atom stereocenters. The molecule has 0 amide bonds. The van der Waals surface area contributed by atoms with E-state index in [9.17, 15) is 0 Å². The highest BCUT2D eigenvalue weighted by Crippen LogP contribution is 2.23. The van der Waals surface area contributed by atoms with Gasteiger partial charge in [0, 0.05) is 18.8 Å². The zero-order valence-corrected chi connectivity index (χ0v) is 16.0. The van der Waals surface area contributed by atoms with Crippen molar-refractivity contribution < 1.29 is 14.2 Å². The van der Waals surface area contributed by atoms with E-state index in [-0.39, 0.29) is 0 Å². The van der Waals surface area contributed by atoms with Crippen molar-refractivity contribution in [2.75, 3.05) is 38.0 Å². The number of ether oxygens (including phenoxy) is 3. The summed E-state index contributed by atoms with van der Waals surface area (Å²) in [5, 5.41) is 6.45. The fraction of sp³-hybridized carbons (Fsp3) is 0.238. The monoisotopic (exact) mass is 380 g/mol. The summed E-state index contributed by atoms with van der Waals surface area (Å²) >= 11 is 0. The van der Waals surface area contributed by atoms with E-state index in [2.05, 4.69) is 20.6 Å². The minimum absolute atomic E-state index is 0.522. The number of nitrogens with zero attached hydrogens (tertiary/aromatic N) is 2. The van der Waals surface area contributed by atoms with Crippen LogP contribution in [0.15, 0.2) is 60.8 Å². The summed E-state index contributed by atoms with van der Waals surface area (Å²) in [5.74, 6) is 3.61. The zero-order valence-electron chi connectivity index (χ0n) is 16.0. The molecule has 0 spiro atoms. The highest BCUT2D eigenvalue weighted by atomic mass is 16.5. The van der Waals surface area contributed by atoms with E-state index in [0.29, 0.717) is 25.6 Å². The summed E-state index contributed by atoms with van der Waals surface area (Å²) in [6, 6.07) is 17.3. The van der Waals surface area contributed by atoms with Gasteiger partial charge in [-0.1, -0.05) is 18.2 Å². The number of hydrogen-bond donors (Lipinski definition) is 2. The molecule has 3 rings (SSSR count). The van der Waals surface area contributed by atoms with Crippen LogP contribution in [-0.2, 0) is 6.54 Å². The zero-order chi connectivity index (χ0) is 19.6. The molecule has 1 aromatic heterocycles. The maximum absolute atomic E-state index is 5.65. The molecular formula is C21H24N4O3. The van der Waals surface area contributed by atoms with Crippen LogP contribution in [0.5, 0.6) is 17.2 Å². The number of aromatic nitrogens is 2. The number of hydrogen-bond acceptors (Lipinski definition) is 7. The third-order valence-electron chi connectivity index (χ3n) is 3.94. The van der Waals surface area contributed by atoms with Crippen molar-refractivity contribution in [3.63, 3.8) is 0 Å². The van der Waals surface area contributed by atoms with Crippen LogP contribution < -0.4 is 24.8 Å². The van der Waals surface area contributed by atoms with Gasteiger partial charge in [-0.2, -0.15) is 4.98 Å². The Morgan fingerprint density at radius 3 is 2.32 bits per heavy atom. The van der Waals surface area contributed by atoms with Crippen LogP contribution in [-0.4, -0.2) is 37.3 Å². The number of nitrogens with one attached hydrogen (secondary N) is 2. The minimum Gasteiger partial charge on any atom is -0.497 e. The number of rotatable bonds is 10. The van der Waals surface area contributed by atoms with Crippen LogP contribution in [0.4, 0.5) is 11.8 Å². The van der Waals surface area contributed by atoms with E-state index in [1.54, 1.807) is 20.4 Å². The van der Waals surface area contributed by atoms with Crippen molar-refractivity contribution in [2.24, 2.45) is 0 Å². The SMILES string of the molecule is COc1cc(CNc2ccnc(NCCOc3ccccc3)n2)cc(OC)c1. The van der Waals surface area contributed by atoms with Crippen molar-refractivity contribution in [1.82, 2.24) is 9.97 Å². The van der Waals surface area contributed by atoms with Crippen molar-refractivity contribution in [3.8, 4) is 17.2 Å². The Kier molecular flexibility index (Phi) is 6.89. The first kappa shape index (κ1) is 19.3. The van der Waals surface area contributed by atoms with Gasteiger partial charge in [-0.05, 0) is 35.9 Å². The van der Waals surface area contributed by atoms with E-state index in [4.69, 9.17) is 14.2 Å². The third-order valence-corrected chi connectivity index (χ3v) is 3.94. The number of benzene rings is 2. The van der Waals surface area contributed by atoms with Crippen LogP contribution >= 0.6 is 0 Å². The lowest BCUT2D eigenvalue weighted by molar-refractivity contribution is 0.332. The molecule has 0 radical (unpaired) electrons. The molecule has 1 heterocycles. The molecule has 7 heteroatoms. The first-order valence-corrected chi connectivity index (χ1v) is 8.97. The molecule has 2 N–H and O–H groups in total. The molecule has 0 saturated heterocycles. The lowest BCUT2D eigenvalue weighted by atomic mass is 10.2. The predicted octanol–water partition coefficient (Wildman–Crippen LogP) is 3.60. The molecule has 0 atom stereocenters. The summed E-state index contributed by atoms with van der Waals surface area (Å²) in [5.41, 5.74) is 1.03. The van der Waals surface area contributed by atoms with Crippen molar-refractivity contribution >= 4 is 11.8 Å². The smallest absolute Gasteiger partial charge is 0.224 e. The second-order valence-electron chi connectivity index (χ2n) is 5.93. The molecule has 0 aliphatic carbocycles. The summed E-state index contributed by atoms with van der Waals surface area (Å²) in [6.07, 6.45) is 1.71.